The van der Waals surface area contributed by atoms with Crippen molar-refractivity contribution in [3.05, 3.63) is 35.1 Å². The summed E-state index contributed by atoms with van der Waals surface area (Å²) in [5.41, 5.74) is -1.01. The van der Waals surface area contributed by atoms with Crippen LogP contribution in [0.4, 0.5) is 22.4 Å². The molecule has 0 aromatic heterocycles. The summed E-state index contributed by atoms with van der Waals surface area (Å²) in [5.74, 6) is -1.05. The number of likely N-dealkylation sites (tertiary alicyclic amines) is 2. The van der Waals surface area contributed by atoms with Crippen molar-refractivity contribution in [3.63, 3.8) is 0 Å². The maximum atomic E-state index is 13.9. The summed E-state index contributed by atoms with van der Waals surface area (Å²) in [6.45, 7) is 1.80. The number of carbonyl (C=O) groups is 2. The van der Waals surface area contributed by atoms with Crippen LogP contribution in [0.1, 0.15) is 17.5 Å². The summed E-state index contributed by atoms with van der Waals surface area (Å²) < 4.78 is 57.2. The Balaban J connectivity index is 1.23. The Morgan fingerprint density at radius 3 is 2.63 bits per heavy atom. The van der Waals surface area contributed by atoms with Crippen LogP contribution in [-0.2, 0) is 22.3 Å². The van der Waals surface area contributed by atoms with Gasteiger partial charge in [-0.25, -0.2) is 9.18 Å². The SMILES string of the molecule is O=C1CN[C@H]2CCN(C(=O)N3CC(OCc4ccc(C(F)(F)F)cc4F)C3)CC2N1. The summed E-state index contributed by atoms with van der Waals surface area (Å²) >= 11 is 0. The Bertz CT molecular complexity index is 828. The molecule has 7 nitrogen and oxygen atoms in total. The van der Waals surface area contributed by atoms with E-state index in [1.165, 1.54) is 0 Å². The standard InChI is InChI=1S/C19H22F4N4O3/c20-14-5-12(19(21,22)23)2-1-11(14)10-30-13-7-27(8-13)18(29)26-4-3-15-16(9-26)25-17(28)6-24-15/h1-2,5,13,15-16,24H,3-4,6-10H2,(H,25,28)/t15-,16?/m0/s1. The van der Waals surface area contributed by atoms with Gasteiger partial charge in [-0.3, -0.25) is 4.79 Å². The van der Waals surface area contributed by atoms with E-state index >= 15 is 0 Å². The number of hydrogen-bond acceptors (Lipinski definition) is 4. The van der Waals surface area contributed by atoms with E-state index < -0.39 is 17.6 Å². The number of nitrogens with one attached hydrogen (secondary N) is 2. The molecule has 0 radical (unpaired) electrons. The van der Waals surface area contributed by atoms with E-state index in [2.05, 4.69) is 10.6 Å². The zero-order chi connectivity index (χ0) is 21.5. The van der Waals surface area contributed by atoms with Crippen LogP contribution in [0.25, 0.3) is 0 Å². The smallest absolute Gasteiger partial charge is 0.370 e. The fraction of sp³-hybridized carbons (Fsp3) is 0.579. The van der Waals surface area contributed by atoms with Crippen LogP contribution in [0.15, 0.2) is 18.2 Å². The molecule has 0 spiro atoms. The molecular weight excluding hydrogens is 408 g/mol. The highest BCUT2D eigenvalue weighted by Crippen LogP contribution is 2.30. The van der Waals surface area contributed by atoms with Crippen molar-refractivity contribution in [1.82, 2.24) is 20.4 Å². The number of benzene rings is 1. The molecule has 3 saturated heterocycles. The first-order chi connectivity index (χ1) is 14.2. The number of halogens is 4. The van der Waals surface area contributed by atoms with E-state index in [9.17, 15) is 27.2 Å². The van der Waals surface area contributed by atoms with Crippen LogP contribution in [-0.4, -0.2) is 72.6 Å². The maximum absolute atomic E-state index is 13.9. The molecular formula is C19H22F4N4O3. The Kier molecular flexibility index (Phi) is 5.58. The Morgan fingerprint density at radius 2 is 1.93 bits per heavy atom. The monoisotopic (exact) mass is 430 g/mol. The van der Waals surface area contributed by atoms with Crippen LogP contribution < -0.4 is 10.6 Å². The highest BCUT2D eigenvalue weighted by atomic mass is 19.4. The number of fused-ring (bicyclic) bond motifs is 1. The Morgan fingerprint density at radius 1 is 1.17 bits per heavy atom. The largest absolute Gasteiger partial charge is 0.416 e. The molecule has 3 fully saturated rings. The number of carbonyl (C=O) groups excluding carboxylic acids is 2. The lowest BCUT2D eigenvalue weighted by Crippen LogP contribution is -2.68. The van der Waals surface area contributed by atoms with E-state index in [4.69, 9.17) is 4.74 Å². The first-order valence-electron chi connectivity index (χ1n) is 9.74. The zero-order valence-electron chi connectivity index (χ0n) is 16.0. The second kappa shape index (κ2) is 8.03. The molecule has 0 saturated carbocycles. The number of amides is 3. The van der Waals surface area contributed by atoms with Crippen molar-refractivity contribution in [2.45, 2.75) is 37.4 Å². The van der Waals surface area contributed by atoms with Gasteiger partial charge in [0.05, 0.1) is 44.0 Å². The predicted octanol–water partition coefficient (Wildman–Crippen LogP) is 1.33. The number of piperazine rings is 1. The van der Waals surface area contributed by atoms with Crippen LogP contribution in [0, 0.1) is 5.82 Å². The molecule has 3 aliphatic rings. The zero-order valence-corrected chi connectivity index (χ0v) is 16.0. The van der Waals surface area contributed by atoms with Gasteiger partial charge in [-0.05, 0) is 18.6 Å². The second-order valence-electron chi connectivity index (χ2n) is 7.82. The van der Waals surface area contributed by atoms with Crippen LogP contribution in [0.3, 0.4) is 0 Å². The maximum Gasteiger partial charge on any atom is 0.416 e. The third kappa shape index (κ3) is 4.36. The molecule has 1 aromatic rings. The lowest BCUT2D eigenvalue weighted by atomic mass is 9.97. The van der Waals surface area contributed by atoms with Crippen molar-refractivity contribution in [2.24, 2.45) is 0 Å². The number of alkyl halides is 3. The van der Waals surface area contributed by atoms with Gasteiger partial charge in [0.25, 0.3) is 0 Å². The Hall–Kier alpha value is -2.40. The summed E-state index contributed by atoms with van der Waals surface area (Å²) in [7, 11) is 0. The first-order valence-corrected chi connectivity index (χ1v) is 9.74. The molecule has 3 amide bonds. The molecule has 1 aromatic carbocycles. The summed E-state index contributed by atoms with van der Waals surface area (Å²) in [6.07, 6.45) is -4.15. The average molecular weight is 430 g/mol. The van der Waals surface area contributed by atoms with E-state index in [0.29, 0.717) is 38.8 Å². The number of hydrogen-bond donors (Lipinski definition) is 2. The van der Waals surface area contributed by atoms with Crippen LogP contribution in [0.5, 0.6) is 0 Å². The van der Waals surface area contributed by atoms with Crippen molar-refractivity contribution in [1.29, 1.82) is 0 Å². The van der Waals surface area contributed by atoms with Gasteiger partial charge in [0.1, 0.15) is 5.82 Å². The minimum absolute atomic E-state index is 0.0374. The van der Waals surface area contributed by atoms with Gasteiger partial charge in [-0.2, -0.15) is 13.2 Å². The lowest BCUT2D eigenvalue weighted by Gasteiger charge is -2.46. The molecule has 1 unspecified atom stereocenters. The van der Waals surface area contributed by atoms with Gasteiger partial charge in [0, 0.05) is 24.7 Å². The van der Waals surface area contributed by atoms with Gasteiger partial charge in [0.15, 0.2) is 0 Å². The molecule has 3 aliphatic heterocycles. The van der Waals surface area contributed by atoms with Crippen molar-refractivity contribution >= 4 is 11.9 Å². The van der Waals surface area contributed by atoms with Crippen LogP contribution in [0.2, 0.25) is 0 Å². The molecule has 11 heteroatoms. The molecule has 164 valence electrons. The van der Waals surface area contributed by atoms with E-state index in [1.807, 2.05) is 0 Å². The summed E-state index contributed by atoms with van der Waals surface area (Å²) in [4.78, 5) is 27.5. The second-order valence-corrected chi connectivity index (χ2v) is 7.82. The third-order valence-electron chi connectivity index (χ3n) is 5.73. The van der Waals surface area contributed by atoms with Crippen molar-refractivity contribution in [3.8, 4) is 0 Å². The Labute approximate surface area is 170 Å². The van der Waals surface area contributed by atoms with Crippen molar-refractivity contribution in [2.75, 3.05) is 32.7 Å². The number of piperidine rings is 1. The first kappa shape index (κ1) is 20.9. The molecule has 4 rings (SSSR count). The predicted molar refractivity (Wildman–Crippen MR) is 96.9 cm³/mol. The van der Waals surface area contributed by atoms with Crippen molar-refractivity contribution < 1.29 is 31.9 Å². The minimum atomic E-state index is -4.60. The average Bonchev–Trinajstić information content (AvgIpc) is 2.66. The number of rotatable bonds is 3. The molecule has 3 heterocycles. The molecule has 2 N–H and O–H groups in total. The summed E-state index contributed by atoms with van der Waals surface area (Å²) in [5, 5.41) is 6.07. The number of nitrogens with zero attached hydrogens (tertiary/aromatic N) is 2. The van der Waals surface area contributed by atoms with Gasteiger partial charge in [-0.15, -0.1) is 0 Å². The molecule has 2 atom stereocenters. The normalized spacial score (nSPS) is 24.9. The van der Waals surface area contributed by atoms with Crippen LogP contribution >= 0.6 is 0 Å². The van der Waals surface area contributed by atoms with E-state index in [0.717, 1.165) is 18.6 Å². The number of ether oxygens (including phenoxy) is 1. The molecule has 0 bridgehead atoms. The topological polar surface area (TPSA) is 73.9 Å². The highest BCUT2D eigenvalue weighted by Gasteiger charge is 2.39. The van der Waals surface area contributed by atoms with Gasteiger partial charge in [0.2, 0.25) is 5.91 Å². The van der Waals surface area contributed by atoms with Gasteiger partial charge in [-0.1, -0.05) is 6.07 Å². The minimum Gasteiger partial charge on any atom is -0.370 e. The van der Waals surface area contributed by atoms with Gasteiger partial charge >= 0.3 is 12.2 Å². The third-order valence-corrected chi connectivity index (χ3v) is 5.73. The van der Waals surface area contributed by atoms with Gasteiger partial charge < -0.3 is 25.2 Å². The fourth-order valence-electron chi connectivity index (χ4n) is 3.95. The summed E-state index contributed by atoms with van der Waals surface area (Å²) in [6, 6.07) is 2.25. The quantitative estimate of drug-likeness (QED) is 0.710. The fourth-order valence-corrected chi connectivity index (χ4v) is 3.95. The molecule has 30 heavy (non-hydrogen) atoms. The van der Waals surface area contributed by atoms with E-state index in [1.54, 1.807) is 9.80 Å². The highest BCUT2D eigenvalue weighted by molar-refractivity contribution is 5.80. The molecule has 0 aliphatic carbocycles. The lowest BCUT2D eigenvalue weighted by molar-refractivity contribution is -0.137. The van der Waals surface area contributed by atoms with E-state index in [-0.39, 0.29) is 42.3 Å². The number of urea groups is 1.